The molecule has 3 atom stereocenters. The first-order chi connectivity index (χ1) is 6.93. The maximum atomic E-state index is 3.85. The summed E-state index contributed by atoms with van der Waals surface area (Å²) in [7, 11) is 0. The third kappa shape index (κ3) is 1.84. The molecule has 0 aromatic carbocycles. The molecule has 0 aromatic heterocycles. The molecule has 0 bridgehead atoms. The van der Waals surface area contributed by atoms with Crippen LogP contribution in [0.1, 0.15) is 51.4 Å². The van der Waals surface area contributed by atoms with Gasteiger partial charge in [-0.05, 0) is 50.0 Å². The maximum absolute atomic E-state index is 3.85. The quantitative estimate of drug-likeness (QED) is 0.726. The van der Waals surface area contributed by atoms with Crippen molar-refractivity contribution in [2.75, 3.05) is 6.54 Å². The second-order valence-electron chi connectivity index (χ2n) is 5.76. The Hall–Kier alpha value is -0.0400. The van der Waals surface area contributed by atoms with Crippen LogP contribution < -0.4 is 5.32 Å². The third-order valence-corrected chi connectivity index (χ3v) is 4.73. The van der Waals surface area contributed by atoms with Crippen molar-refractivity contribution in [2.24, 2.45) is 17.8 Å². The molecule has 1 nitrogen and oxygen atoms in total. The molecule has 1 heteroatoms. The van der Waals surface area contributed by atoms with Gasteiger partial charge in [-0.2, -0.15) is 0 Å². The van der Waals surface area contributed by atoms with E-state index in [1.165, 1.54) is 51.5 Å². The fourth-order valence-electron chi connectivity index (χ4n) is 3.70. The number of hydrogen-bond donors (Lipinski definition) is 1. The molecular formula is C13H23N. The van der Waals surface area contributed by atoms with E-state index in [1.54, 1.807) is 6.42 Å². The number of hydrogen-bond acceptors (Lipinski definition) is 1. The smallest absolute Gasteiger partial charge is 0.00981 e. The van der Waals surface area contributed by atoms with E-state index in [0.29, 0.717) is 0 Å². The minimum atomic E-state index is 0.911. The Morgan fingerprint density at radius 3 is 2.64 bits per heavy atom. The highest BCUT2D eigenvalue weighted by molar-refractivity contribution is 4.98. The minimum Gasteiger partial charge on any atom is -0.313 e. The molecule has 3 aliphatic rings. The van der Waals surface area contributed by atoms with Gasteiger partial charge in [-0.1, -0.05) is 25.7 Å². The van der Waals surface area contributed by atoms with Crippen LogP contribution >= 0.6 is 0 Å². The topological polar surface area (TPSA) is 12.0 Å². The van der Waals surface area contributed by atoms with E-state index in [-0.39, 0.29) is 0 Å². The van der Waals surface area contributed by atoms with Crippen molar-refractivity contribution in [3.05, 3.63) is 0 Å². The minimum absolute atomic E-state index is 0.911. The van der Waals surface area contributed by atoms with E-state index in [2.05, 4.69) is 5.32 Å². The highest BCUT2D eigenvalue weighted by Crippen LogP contribution is 2.49. The molecule has 1 N–H and O–H groups in total. The first-order valence-corrected chi connectivity index (χ1v) is 6.67. The molecule has 0 heterocycles. The van der Waals surface area contributed by atoms with Crippen molar-refractivity contribution in [3.63, 3.8) is 0 Å². The van der Waals surface area contributed by atoms with Gasteiger partial charge in [0.05, 0.1) is 0 Å². The van der Waals surface area contributed by atoms with Crippen LogP contribution in [0.5, 0.6) is 0 Å². The number of nitrogens with one attached hydrogen (secondary N) is 1. The predicted octanol–water partition coefficient (Wildman–Crippen LogP) is 2.95. The van der Waals surface area contributed by atoms with Crippen molar-refractivity contribution in [2.45, 2.75) is 57.4 Å². The second-order valence-corrected chi connectivity index (χ2v) is 5.76. The van der Waals surface area contributed by atoms with Gasteiger partial charge in [-0.25, -0.2) is 0 Å². The van der Waals surface area contributed by atoms with Crippen LogP contribution in [0.3, 0.4) is 0 Å². The molecule has 0 aromatic rings. The first-order valence-electron chi connectivity index (χ1n) is 6.67. The normalized spacial score (nSPS) is 42.4. The Morgan fingerprint density at radius 2 is 1.79 bits per heavy atom. The summed E-state index contributed by atoms with van der Waals surface area (Å²) in [6, 6.07) is 0.911. The highest BCUT2D eigenvalue weighted by atomic mass is 14.9. The predicted molar refractivity (Wildman–Crippen MR) is 59.2 cm³/mol. The summed E-state index contributed by atoms with van der Waals surface area (Å²) in [6.07, 6.45) is 12.0. The van der Waals surface area contributed by atoms with Gasteiger partial charge in [0.2, 0.25) is 0 Å². The van der Waals surface area contributed by atoms with E-state index < -0.39 is 0 Å². The molecule has 3 saturated carbocycles. The molecule has 3 aliphatic carbocycles. The van der Waals surface area contributed by atoms with Gasteiger partial charge in [0.15, 0.2) is 0 Å². The fraction of sp³-hybridized carbons (Fsp3) is 1.00. The number of fused-ring (bicyclic) bond motifs is 1. The number of rotatable bonds is 3. The highest BCUT2D eigenvalue weighted by Gasteiger charge is 2.44. The van der Waals surface area contributed by atoms with Crippen LogP contribution in [-0.4, -0.2) is 12.6 Å². The van der Waals surface area contributed by atoms with Crippen LogP contribution in [0.4, 0.5) is 0 Å². The van der Waals surface area contributed by atoms with Gasteiger partial charge < -0.3 is 5.32 Å². The van der Waals surface area contributed by atoms with Crippen molar-refractivity contribution in [1.82, 2.24) is 5.32 Å². The molecule has 1 unspecified atom stereocenters. The SMILES string of the molecule is C1CCC(CNC2CCC[C@H]3C[C@@H]23)C1. The van der Waals surface area contributed by atoms with Crippen LogP contribution in [0.25, 0.3) is 0 Å². The van der Waals surface area contributed by atoms with Crippen molar-refractivity contribution in [1.29, 1.82) is 0 Å². The van der Waals surface area contributed by atoms with Crippen LogP contribution in [-0.2, 0) is 0 Å². The van der Waals surface area contributed by atoms with Gasteiger partial charge in [0.25, 0.3) is 0 Å². The molecule has 0 spiro atoms. The van der Waals surface area contributed by atoms with Gasteiger partial charge in [0, 0.05) is 6.04 Å². The summed E-state index contributed by atoms with van der Waals surface area (Å²) in [5.41, 5.74) is 0. The molecule has 0 aliphatic heterocycles. The van der Waals surface area contributed by atoms with Gasteiger partial charge in [-0.15, -0.1) is 0 Å². The van der Waals surface area contributed by atoms with Crippen molar-refractivity contribution >= 4 is 0 Å². The zero-order chi connectivity index (χ0) is 9.38. The van der Waals surface area contributed by atoms with Crippen LogP contribution in [0.15, 0.2) is 0 Å². The van der Waals surface area contributed by atoms with E-state index >= 15 is 0 Å². The Balaban J connectivity index is 1.43. The molecular weight excluding hydrogens is 170 g/mol. The average Bonchev–Trinajstić information content (AvgIpc) is 2.83. The zero-order valence-corrected chi connectivity index (χ0v) is 9.17. The van der Waals surface area contributed by atoms with Crippen molar-refractivity contribution in [3.8, 4) is 0 Å². The molecule has 80 valence electrons. The lowest BCUT2D eigenvalue weighted by atomic mass is 9.95. The Labute approximate surface area is 87.7 Å². The Bertz CT molecular complexity index is 195. The Kier molecular flexibility index (Phi) is 2.53. The molecule has 0 saturated heterocycles. The van der Waals surface area contributed by atoms with Gasteiger partial charge >= 0.3 is 0 Å². The molecule has 14 heavy (non-hydrogen) atoms. The summed E-state index contributed by atoms with van der Waals surface area (Å²) in [6.45, 7) is 1.33. The second kappa shape index (κ2) is 3.84. The van der Waals surface area contributed by atoms with E-state index in [9.17, 15) is 0 Å². The zero-order valence-electron chi connectivity index (χ0n) is 9.17. The summed E-state index contributed by atoms with van der Waals surface area (Å²) in [5, 5.41) is 3.85. The van der Waals surface area contributed by atoms with Gasteiger partial charge in [0.1, 0.15) is 0 Å². The standard InChI is InChI=1S/C13H23N/c1-2-5-10(4-1)9-14-13-7-3-6-11-8-12(11)13/h10-14H,1-9H2/t11-,12+,13?/m0/s1. The lowest BCUT2D eigenvalue weighted by Crippen LogP contribution is -2.36. The maximum Gasteiger partial charge on any atom is 0.00981 e. The summed E-state index contributed by atoms with van der Waals surface area (Å²) in [4.78, 5) is 0. The largest absolute Gasteiger partial charge is 0.313 e. The first kappa shape index (κ1) is 9.21. The van der Waals surface area contributed by atoms with Crippen molar-refractivity contribution < 1.29 is 0 Å². The average molecular weight is 193 g/mol. The monoisotopic (exact) mass is 193 g/mol. The fourth-order valence-corrected chi connectivity index (χ4v) is 3.70. The summed E-state index contributed by atoms with van der Waals surface area (Å²) in [5.74, 6) is 3.24. The van der Waals surface area contributed by atoms with Crippen LogP contribution in [0.2, 0.25) is 0 Å². The lowest BCUT2D eigenvalue weighted by Gasteiger charge is -2.24. The summed E-state index contributed by atoms with van der Waals surface area (Å²) >= 11 is 0. The molecule has 3 fully saturated rings. The molecule has 0 amide bonds. The summed E-state index contributed by atoms with van der Waals surface area (Å²) < 4.78 is 0. The van der Waals surface area contributed by atoms with Gasteiger partial charge in [-0.3, -0.25) is 0 Å². The third-order valence-electron chi connectivity index (χ3n) is 4.73. The molecule has 0 radical (unpaired) electrons. The lowest BCUT2D eigenvalue weighted by molar-refractivity contribution is 0.331. The van der Waals surface area contributed by atoms with E-state index in [0.717, 1.165) is 23.8 Å². The van der Waals surface area contributed by atoms with Crippen LogP contribution in [0, 0.1) is 17.8 Å². The molecule has 3 rings (SSSR count). The Morgan fingerprint density at radius 1 is 0.929 bits per heavy atom. The van der Waals surface area contributed by atoms with E-state index in [4.69, 9.17) is 0 Å². The van der Waals surface area contributed by atoms with E-state index in [1.807, 2.05) is 0 Å².